The van der Waals surface area contributed by atoms with Crippen LogP contribution in [0.15, 0.2) is 18.2 Å². The van der Waals surface area contributed by atoms with Crippen molar-refractivity contribution in [2.24, 2.45) is 11.7 Å². The molecule has 2 atom stereocenters. The van der Waals surface area contributed by atoms with Crippen molar-refractivity contribution in [3.63, 3.8) is 0 Å². The van der Waals surface area contributed by atoms with Crippen LogP contribution in [0.1, 0.15) is 38.3 Å². The van der Waals surface area contributed by atoms with Crippen molar-refractivity contribution in [3.05, 3.63) is 33.8 Å². The molecule has 106 valence electrons. The molecular weight excluding hydrogens is 279 g/mol. The van der Waals surface area contributed by atoms with Gasteiger partial charge in [-0.25, -0.2) is 0 Å². The van der Waals surface area contributed by atoms with Gasteiger partial charge in [-0.3, -0.25) is 4.90 Å². The highest BCUT2D eigenvalue weighted by Gasteiger charge is 2.31. The van der Waals surface area contributed by atoms with E-state index in [2.05, 4.69) is 18.7 Å². The lowest BCUT2D eigenvalue weighted by molar-refractivity contribution is 0.114. The SMILES string of the molecule is CC(C)CN1CCCC(N)C1c1cc(Cl)ccc1Cl. The predicted octanol–water partition coefficient (Wildman–Crippen LogP) is 4.11. The Hall–Kier alpha value is -0.280. The van der Waals surface area contributed by atoms with Crippen molar-refractivity contribution in [1.29, 1.82) is 0 Å². The summed E-state index contributed by atoms with van der Waals surface area (Å²) in [5, 5.41) is 1.49. The normalized spacial score (nSPS) is 24.9. The summed E-state index contributed by atoms with van der Waals surface area (Å²) in [7, 11) is 0. The molecule has 1 saturated heterocycles. The third kappa shape index (κ3) is 3.63. The van der Waals surface area contributed by atoms with E-state index in [4.69, 9.17) is 28.9 Å². The average molecular weight is 301 g/mol. The highest BCUT2D eigenvalue weighted by atomic mass is 35.5. The number of hydrogen-bond acceptors (Lipinski definition) is 2. The third-order valence-corrected chi connectivity index (χ3v) is 4.24. The van der Waals surface area contributed by atoms with Crippen molar-refractivity contribution in [2.45, 2.75) is 38.8 Å². The first-order valence-electron chi connectivity index (χ1n) is 6.93. The molecule has 1 aromatic rings. The van der Waals surface area contributed by atoms with E-state index in [0.717, 1.165) is 41.5 Å². The van der Waals surface area contributed by atoms with Gasteiger partial charge in [0.25, 0.3) is 0 Å². The van der Waals surface area contributed by atoms with Gasteiger partial charge >= 0.3 is 0 Å². The number of likely N-dealkylation sites (tertiary alicyclic amines) is 1. The fourth-order valence-corrected chi connectivity index (χ4v) is 3.35. The van der Waals surface area contributed by atoms with Gasteiger partial charge in [-0.15, -0.1) is 0 Å². The van der Waals surface area contributed by atoms with Crippen LogP contribution >= 0.6 is 23.2 Å². The molecule has 0 bridgehead atoms. The van der Waals surface area contributed by atoms with Gasteiger partial charge in [0, 0.05) is 22.6 Å². The van der Waals surface area contributed by atoms with Crippen molar-refractivity contribution in [1.82, 2.24) is 4.90 Å². The molecule has 2 N–H and O–H groups in total. The lowest BCUT2D eigenvalue weighted by Gasteiger charge is -2.41. The van der Waals surface area contributed by atoms with Crippen LogP contribution in [0.2, 0.25) is 10.0 Å². The van der Waals surface area contributed by atoms with E-state index in [1.54, 1.807) is 0 Å². The van der Waals surface area contributed by atoms with E-state index in [1.807, 2.05) is 18.2 Å². The molecule has 4 heteroatoms. The first kappa shape index (κ1) is 15.1. The van der Waals surface area contributed by atoms with Crippen LogP contribution in [0.25, 0.3) is 0 Å². The molecule has 0 radical (unpaired) electrons. The quantitative estimate of drug-likeness (QED) is 0.910. The molecular formula is C15H22Cl2N2. The number of benzene rings is 1. The second-order valence-corrected chi connectivity index (χ2v) is 6.65. The molecule has 19 heavy (non-hydrogen) atoms. The molecule has 1 aromatic carbocycles. The third-order valence-electron chi connectivity index (χ3n) is 3.66. The second-order valence-electron chi connectivity index (χ2n) is 5.81. The molecule has 0 aromatic heterocycles. The molecule has 1 fully saturated rings. The van der Waals surface area contributed by atoms with Crippen molar-refractivity contribution in [3.8, 4) is 0 Å². The van der Waals surface area contributed by atoms with E-state index >= 15 is 0 Å². The van der Waals surface area contributed by atoms with Gasteiger partial charge in [-0.2, -0.15) is 0 Å². The molecule has 0 aliphatic carbocycles. The average Bonchev–Trinajstić information content (AvgIpc) is 2.32. The largest absolute Gasteiger partial charge is 0.326 e. The summed E-state index contributed by atoms with van der Waals surface area (Å²) in [5.41, 5.74) is 7.42. The van der Waals surface area contributed by atoms with Crippen molar-refractivity contribution >= 4 is 23.2 Å². The van der Waals surface area contributed by atoms with Gasteiger partial charge in [0.15, 0.2) is 0 Å². The Labute approximate surface area is 125 Å². The maximum Gasteiger partial charge on any atom is 0.0514 e. The van der Waals surface area contributed by atoms with Gasteiger partial charge in [-0.05, 0) is 49.1 Å². The molecule has 2 nitrogen and oxygen atoms in total. The highest BCUT2D eigenvalue weighted by molar-refractivity contribution is 6.33. The standard InChI is InChI=1S/C15H22Cl2N2/c1-10(2)9-19-7-3-4-14(18)15(19)12-8-11(16)5-6-13(12)17/h5-6,8,10,14-15H,3-4,7,9,18H2,1-2H3. The summed E-state index contributed by atoms with van der Waals surface area (Å²) in [4.78, 5) is 2.45. The number of halogens is 2. The fourth-order valence-electron chi connectivity index (χ4n) is 2.94. The van der Waals surface area contributed by atoms with Gasteiger partial charge < -0.3 is 5.73 Å². The zero-order valence-corrected chi connectivity index (χ0v) is 13.1. The van der Waals surface area contributed by atoms with Crippen LogP contribution in [-0.2, 0) is 0 Å². The van der Waals surface area contributed by atoms with Gasteiger partial charge in [0.05, 0.1) is 6.04 Å². The minimum Gasteiger partial charge on any atom is -0.326 e. The minimum atomic E-state index is 0.128. The monoisotopic (exact) mass is 300 g/mol. The molecule has 2 unspecified atom stereocenters. The number of piperidine rings is 1. The molecule has 1 aliphatic rings. The minimum absolute atomic E-state index is 0.128. The van der Waals surface area contributed by atoms with Crippen molar-refractivity contribution in [2.75, 3.05) is 13.1 Å². The Morgan fingerprint density at radius 2 is 2.11 bits per heavy atom. The van der Waals surface area contributed by atoms with Crippen LogP contribution in [0, 0.1) is 5.92 Å². The van der Waals surface area contributed by atoms with Crippen LogP contribution in [0.3, 0.4) is 0 Å². The summed E-state index contributed by atoms with van der Waals surface area (Å²) in [6, 6.07) is 5.97. The highest BCUT2D eigenvalue weighted by Crippen LogP contribution is 2.36. The smallest absolute Gasteiger partial charge is 0.0514 e. The van der Waals surface area contributed by atoms with E-state index in [9.17, 15) is 0 Å². The maximum absolute atomic E-state index is 6.36. The summed E-state index contributed by atoms with van der Waals surface area (Å²) in [6.07, 6.45) is 2.20. The number of nitrogens with two attached hydrogens (primary N) is 1. The zero-order valence-electron chi connectivity index (χ0n) is 11.6. The molecule has 1 aliphatic heterocycles. The van der Waals surface area contributed by atoms with Crippen LogP contribution in [-0.4, -0.2) is 24.0 Å². The molecule has 1 heterocycles. The first-order valence-corrected chi connectivity index (χ1v) is 7.69. The van der Waals surface area contributed by atoms with E-state index in [1.165, 1.54) is 0 Å². The van der Waals surface area contributed by atoms with Crippen molar-refractivity contribution < 1.29 is 0 Å². The Bertz CT molecular complexity index is 434. The summed E-state index contributed by atoms with van der Waals surface area (Å²) >= 11 is 12.5. The predicted molar refractivity (Wildman–Crippen MR) is 82.8 cm³/mol. The Morgan fingerprint density at radius 1 is 1.37 bits per heavy atom. The molecule has 0 amide bonds. The van der Waals surface area contributed by atoms with E-state index in [-0.39, 0.29) is 12.1 Å². The Morgan fingerprint density at radius 3 is 2.79 bits per heavy atom. The van der Waals surface area contributed by atoms with Crippen LogP contribution in [0.4, 0.5) is 0 Å². The van der Waals surface area contributed by atoms with Crippen LogP contribution in [0.5, 0.6) is 0 Å². The fraction of sp³-hybridized carbons (Fsp3) is 0.600. The number of hydrogen-bond donors (Lipinski definition) is 1. The Balaban J connectivity index is 2.33. The summed E-state index contributed by atoms with van der Waals surface area (Å²) in [5.74, 6) is 0.616. The molecule has 0 saturated carbocycles. The molecule has 0 spiro atoms. The lowest BCUT2D eigenvalue weighted by atomic mass is 9.90. The zero-order chi connectivity index (χ0) is 14.0. The maximum atomic E-state index is 6.36. The van der Waals surface area contributed by atoms with E-state index < -0.39 is 0 Å². The van der Waals surface area contributed by atoms with Gasteiger partial charge in [0.1, 0.15) is 0 Å². The molecule has 2 rings (SSSR count). The van der Waals surface area contributed by atoms with Gasteiger partial charge in [-0.1, -0.05) is 37.0 Å². The Kier molecular flexibility index (Phi) is 5.13. The van der Waals surface area contributed by atoms with Gasteiger partial charge in [0.2, 0.25) is 0 Å². The van der Waals surface area contributed by atoms with E-state index in [0.29, 0.717) is 5.92 Å². The summed E-state index contributed by atoms with van der Waals surface area (Å²) in [6.45, 7) is 6.59. The number of rotatable bonds is 3. The first-order chi connectivity index (χ1) is 8.99. The topological polar surface area (TPSA) is 29.3 Å². The summed E-state index contributed by atoms with van der Waals surface area (Å²) < 4.78 is 0. The van der Waals surface area contributed by atoms with Crippen LogP contribution < -0.4 is 5.73 Å². The lowest BCUT2D eigenvalue weighted by Crippen LogP contribution is -2.47. The number of nitrogens with zero attached hydrogens (tertiary/aromatic N) is 1. The second kappa shape index (κ2) is 6.45.